The molecule has 1 amide bonds. The topological polar surface area (TPSA) is 45.7 Å². The second-order valence-electron chi connectivity index (χ2n) is 7.11. The van der Waals surface area contributed by atoms with Gasteiger partial charge in [0, 0.05) is 29.6 Å². The molecule has 0 fully saturated rings. The van der Waals surface area contributed by atoms with E-state index in [-0.39, 0.29) is 24.6 Å². The second-order valence-corrected chi connectivity index (χ2v) is 8.89. The number of ether oxygens (including phenoxy) is 1. The van der Waals surface area contributed by atoms with Crippen LogP contribution >= 0.6 is 34.5 Å². The molecule has 0 spiro atoms. The zero-order chi connectivity index (χ0) is 22.4. The molecule has 3 rings (SSSR count). The van der Waals surface area contributed by atoms with Crippen LogP contribution in [0.4, 0.5) is 4.39 Å². The Bertz CT molecular complexity index is 1050. The fraction of sp³-hybridized carbons (Fsp3) is 0.273. The van der Waals surface area contributed by atoms with Crippen LogP contribution < -0.4 is 4.74 Å². The van der Waals surface area contributed by atoms with E-state index in [0.717, 1.165) is 5.01 Å². The smallest absolute Gasteiger partial charge is 0.257 e. The predicted molar refractivity (Wildman–Crippen MR) is 123 cm³/mol. The zero-order valence-corrected chi connectivity index (χ0v) is 19.5. The first-order chi connectivity index (χ1) is 14.8. The van der Waals surface area contributed by atoms with E-state index in [1.165, 1.54) is 23.5 Å². The lowest BCUT2D eigenvalue weighted by molar-refractivity contribution is 0.0725. The standard InChI is InChI=1S/C22H22Cl2FN3O2S/c1-27(2)9-10-28(22(29)17-5-3-4-6-19(17)25)12-16-14-31-21(26-16)13-30-20-11-15(23)7-8-18(20)24/h3-8,11,14H,9-10,12-13H2,1-2H3. The number of rotatable bonds is 9. The molecule has 2 aromatic carbocycles. The Morgan fingerprint density at radius 2 is 1.94 bits per heavy atom. The number of nitrogens with zero attached hydrogens (tertiary/aromatic N) is 3. The molecule has 1 aromatic heterocycles. The number of amides is 1. The minimum atomic E-state index is -0.534. The maximum Gasteiger partial charge on any atom is 0.257 e. The van der Waals surface area contributed by atoms with E-state index in [9.17, 15) is 9.18 Å². The maximum absolute atomic E-state index is 14.2. The Morgan fingerprint density at radius 3 is 2.68 bits per heavy atom. The molecular formula is C22H22Cl2FN3O2S. The molecule has 0 saturated carbocycles. The number of hydrogen-bond acceptors (Lipinski definition) is 5. The lowest BCUT2D eigenvalue weighted by Gasteiger charge is -2.24. The third-order valence-electron chi connectivity index (χ3n) is 4.41. The summed E-state index contributed by atoms with van der Waals surface area (Å²) in [4.78, 5) is 21.1. The Labute approximate surface area is 195 Å². The summed E-state index contributed by atoms with van der Waals surface area (Å²) >= 11 is 13.5. The molecule has 0 bridgehead atoms. The number of halogens is 3. The maximum atomic E-state index is 14.2. The SMILES string of the molecule is CN(C)CCN(Cc1csc(COc2cc(Cl)ccc2Cl)n1)C(=O)c1ccccc1F. The largest absolute Gasteiger partial charge is 0.485 e. The third-order valence-corrected chi connectivity index (χ3v) is 5.82. The average molecular weight is 482 g/mol. The van der Waals surface area contributed by atoms with Gasteiger partial charge in [0.15, 0.2) is 0 Å². The van der Waals surface area contributed by atoms with Crippen molar-refractivity contribution in [3.05, 3.63) is 80.0 Å². The van der Waals surface area contributed by atoms with Gasteiger partial charge in [-0.25, -0.2) is 9.37 Å². The highest BCUT2D eigenvalue weighted by atomic mass is 35.5. The molecule has 0 aliphatic rings. The van der Waals surface area contributed by atoms with E-state index < -0.39 is 5.82 Å². The van der Waals surface area contributed by atoms with Crippen LogP contribution in [0.2, 0.25) is 10.0 Å². The molecule has 9 heteroatoms. The number of carbonyl (C=O) groups excluding carboxylic acids is 1. The van der Waals surface area contributed by atoms with Crippen LogP contribution in [0.15, 0.2) is 47.8 Å². The average Bonchev–Trinajstić information content (AvgIpc) is 3.19. The molecule has 31 heavy (non-hydrogen) atoms. The number of thiazole rings is 1. The van der Waals surface area contributed by atoms with Crippen LogP contribution in [0.5, 0.6) is 5.75 Å². The van der Waals surface area contributed by atoms with Crippen LogP contribution in [-0.4, -0.2) is 47.9 Å². The molecule has 164 valence electrons. The Morgan fingerprint density at radius 1 is 1.16 bits per heavy atom. The summed E-state index contributed by atoms with van der Waals surface area (Å²) in [6.45, 7) is 1.59. The first-order valence-corrected chi connectivity index (χ1v) is 11.2. The fourth-order valence-electron chi connectivity index (χ4n) is 2.79. The van der Waals surface area contributed by atoms with Gasteiger partial charge in [0.05, 0.1) is 22.8 Å². The lowest BCUT2D eigenvalue weighted by Crippen LogP contribution is -2.36. The third kappa shape index (κ3) is 6.64. The van der Waals surface area contributed by atoms with Crippen molar-refractivity contribution in [1.29, 1.82) is 0 Å². The minimum absolute atomic E-state index is 0.0515. The van der Waals surface area contributed by atoms with Gasteiger partial charge in [-0.15, -0.1) is 11.3 Å². The van der Waals surface area contributed by atoms with E-state index in [1.807, 2.05) is 24.4 Å². The minimum Gasteiger partial charge on any atom is -0.485 e. The molecule has 1 heterocycles. The van der Waals surface area contributed by atoms with Gasteiger partial charge in [-0.1, -0.05) is 35.3 Å². The van der Waals surface area contributed by atoms with E-state index in [4.69, 9.17) is 27.9 Å². The Kier molecular flexibility index (Phi) is 8.26. The van der Waals surface area contributed by atoms with E-state index in [1.54, 1.807) is 35.2 Å². The first kappa shape index (κ1) is 23.5. The van der Waals surface area contributed by atoms with Gasteiger partial charge in [-0.05, 0) is 38.4 Å². The molecule has 5 nitrogen and oxygen atoms in total. The van der Waals surface area contributed by atoms with Gasteiger partial charge >= 0.3 is 0 Å². The molecular weight excluding hydrogens is 460 g/mol. The number of aromatic nitrogens is 1. The van der Waals surface area contributed by atoms with Crippen molar-refractivity contribution in [3.63, 3.8) is 0 Å². The van der Waals surface area contributed by atoms with E-state index in [2.05, 4.69) is 4.98 Å². The normalized spacial score (nSPS) is 11.0. The Balaban J connectivity index is 1.70. The van der Waals surface area contributed by atoms with Gasteiger partial charge < -0.3 is 14.5 Å². The van der Waals surface area contributed by atoms with Gasteiger partial charge in [0.25, 0.3) is 5.91 Å². The Hall–Kier alpha value is -2.19. The molecule has 0 radical (unpaired) electrons. The summed E-state index contributed by atoms with van der Waals surface area (Å²) in [6.07, 6.45) is 0. The molecule has 0 saturated heterocycles. The first-order valence-electron chi connectivity index (χ1n) is 9.53. The molecule has 0 aliphatic heterocycles. The highest BCUT2D eigenvalue weighted by Crippen LogP contribution is 2.28. The summed E-state index contributed by atoms with van der Waals surface area (Å²) in [5, 5.41) is 3.60. The molecule has 0 unspecified atom stereocenters. The van der Waals surface area contributed by atoms with Gasteiger partial charge in [-0.2, -0.15) is 0 Å². The molecule has 0 N–H and O–H groups in total. The van der Waals surface area contributed by atoms with Gasteiger partial charge in [-0.3, -0.25) is 4.79 Å². The lowest BCUT2D eigenvalue weighted by atomic mass is 10.2. The van der Waals surface area contributed by atoms with Crippen LogP contribution in [0.1, 0.15) is 21.1 Å². The molecule has 0 atom stereocenters. The summed E-state index contributed by atoms with van der Waals surface area (Å²) in [5.74, 6) is -0.419. The van der Waals surface area contributed by atoms with E-state index in [0.29, 0.717) is 34.6 Å². The monoisotopic (exact) mass is 481 g/mol. The van der Waals surface area contributed by atoms with Crippen molar-refractivity contribution < 1.29 is 13.9 Å². The van der Waals surface area contributed by atoms with Crippen molar-refractivity contribution in [2.75, 3.05) is 27.2 Å². The highest BCUT2D eigenvalue weighted by Gasteiger charge is 2.20. The molecule has 0 aliphatic carbocycles. The van der Waals surface area contributed by atoms with Crippen LogP contribution in [-0.2, 0) is 13.2 Å². The van der Waals surface area contributed by atoms with Crippen LogP contribution in [0, 0.1) is 5.82 Å². The van der Waals surface area contributed by atoms with Crippen LogP contribution in [0.25, 0.3) is 0 Å². The summed E-state index contributed by atoms with van der Waals surface area (Å²) < 4.78 is 19.9. The predicted octanol–water partition coefficient (Wildman–Crippen LogP) is 5.37. The van der Waals surface area contributed by atoms with Crippen molar-refractivity contribution in [2.24, 2.45) is 0 Å². The summed E-state index contributed by atoms with van der Waals surface area (Å²) in [7, 11) is 3.84. The van der Waals surface area contributed by atoms with Crippen molar-refractivity contribution in [2.45, 2.75) is 13.2 Å². The number of carbonyl (C=O) groups is 1. The van der Waals surface area contributed by atoms with Crippen LogP contribution in [0.3, 0.4) is 0 Å². The quantitative estimate of drug-likeness (QED) is 0.411. The second kappa shape index (κ2) is 10.9. The number of hydrogen-bond donors (Lipinski definition) is 0. The zero-order valence-electron chi connectivity index (χ0n) is 17.1. The highest BCUT2D eigenvalue weighted by molar-refractivity contribution is 7.09. The number of likely N-dealkylation sites (N-methyl/N-ethyl adjacent to an activating group) is 1. The van der Waals surface area contributed by atoms with Crippen molar-refractivity contribution in [1.82, 2.24) is 14.8 Å². The summed E-state index contributed by atoms with van der Waals surface area (Å²) in [6, 6.07) is 11.0. The van der Waals surface area contributed by atoms with Gasteiger partial charge in [0.1, 0.15) is 23.2 Å². The summed E-state index contributed by atoms with van der Waals surface area (Å²) in [5.41, 5.74) is 0.764. The van der Waals surface area contributed by atoms with Crippen molar-refractivity contribution in [3.8, 4) is 5.75 Å². The number of benzene rings is 2. The fourth-order valence-corrected chi connectivity index (χ4v) is 3.82. The van der Waals surface area contributed by atoms with E-state index >= 15 is 0 Å². The van der Waals surface area contributed by atoms with Gasteiger partial charge in [0.2, 0.25) is 0 Å². The molecule has 3 aromatic rings. The van der Waals surface area contributed by atoms with Crippen molar-refractivity contribution >= 4 is 40.4 Å².